The zero-order valence-corrected chi connectivity index (χ0v) is 11.2. The fourth-order valence-electron chi connectivity index (χ4n) is 3.93. The van der Waals surface area contributed by atoms with Crippen molar-refractivity contribution in [1.82, 2.24) is 4.90 Å². The summed E-state index contributed by atoms with van der Waals surface area (Å²) in [6.45, 7) is 4.85. The molecule has 0 saturated carbocycles. The molecular weight excluding hydrogens is 250 g/mol. The van der Waals surface area contributed by atoms with Gasteiger partial charge < -0.3 is 9.84 Å². The number of nitrogens with zero attached hydrogens (tertiary/aromatic N) is 1. The standard InChI is InChI=1S/C13H17NO5/c1-6(9(15)16)14-10(17)12(2)7-4-5-8(19-7)13(12,3)11(14)18/h6-8H,4-5H2,1-3H3,(H,15,16)/t6-,7-,8+,12+,13-/m0/s1. The number of ether oxygens (including phenoxy) is 1. The number of carboxylic acid groups (broad SMARTS) is 1. The van der Waals surface area contributed by atoms with Crippen LogP contribution in [-0.2, 0) is 19.1 Å². The van der Waals surface area contributed by atoms with Crippen LogP contribution in [0.15, 0.2) is 0 Å². The van der Waals surface area contributed by atoms with Gasteiger partial charge in [-0.2, -0.15) is 0 Å². The Kier molecular flexibility index (Phi) is 2.23. The van der Waals surface area contributed by atoms with Crippen LogP contribution < -0.4 is 0 Å². The van der Waals surface area contributed by atoms with Crippen LogP contribution in [0.4, 0.5) is 0 Å². The number of carbonyl (C=O) groups is 3. The Balaban J connectivity index is 2.10. The van der Waals surface area contributed by atoms with Crippen molar-refractivity contribution >= 4 is 17.8 Å². The van der Waals surface area contributed by atoms with Gasteiger partial charge in [0.1, 0.15) is 6.04 Å². The summed E-state index contributed by atoms with van der Waals surface area (Å²) in [4.78, 5) is 37.3. The predicted octanol–water partition coefficient (Wildman–Crippen LogP) is 0.402. The van der Waals surface area contributed by atoms with E-state index >= 15 is 0 Å². The van der Waals surface area contributed by atoms with Gasteiger partial charge in [0, 0.05) is 0 Å². The van der Waals surface area contributed by atoms with Gasteiger partial charge in [-0.15, -0.1) is 0 Å². The third kappa shape index (κ3) is 1.10. The molecule has 1 N–H and O–H groups in total. The molecule has 0 radical (unpaired) electrons. The molecule has 2 bridgehead atoms. The molecule has 3 rings (SSSR count). The molecule has 104 valence electrons. The zero-order chi connectivity index (χ0) is 14.2. The number of rotatable bonds is 2. The van der Waals surface area contributed by atoms with E-state index in [1.165, 1.54) is 6.92 Å². The molecular formula is C13H17NO5. The zero-order valence-electron chi connectivity index (χ0n) is 11.2. The van der Waals surface area contributed by atoms with Crippen LogP contribution in [0, 0.1) is 10.8 Å². The largest absolute Gasteiger partial charge is 0.480 e. The fraction of sp³-hybridized carbons (Fsp3) is 0.769. The number of carboxylic acids is 1. The maximum absolute atomic E-state index is 12.6. The van der Waals surface area contributed by atoms with Crippen molar-refractivity contribution in [3.8, 4) is 0 Å². The van der Waals surface area contributed by atoms with Crippen LogP contribution in [0.1, 0.15) is 33.6 Å². The number of aliphatic carboxylic acids is 1. The molecule has 3 fully saturated rings. The Morgan fingerprint density at radius 1 is 1.26 bits per heavy atom. The molecule has 3 aliphatic heterocycles. The lowest BCUT2D eigenvalue weighted by atomic mass is 9.59. The molecule has 0 aromatic heterocycles. The first-order valence-corrected chi connectivity index (χ1v) is 6.52. The van der Waals surface area contributed by atoms with Crippen LogP contribution in [0.3, 0.4) is 0 Å². The van der Waals surface area contributed by atoms with E-state index in [1.54, 1.807) is 13.8 Å². The van der Waals surface area contributed by atoms with E-state index in [9.17, 15) is 14.4 Å². The summed E-state index contributed by atoms with van der Waals surface area (Å²) in [7, 11) is 0. The van der Waals surface area contributed by atoms with Crippen molar-refractivity contribution < 1.29 is 24.2 Å². The van der Waals surface area contributed by atoms with Gasteiger partial charge in [0.15, 0.2) is 0 Å². The van der Waals surface area contributed by atoms with E-state index in [1.807, 2.05) is 0 Å². The van der Waals surface area contributed by atoms with Crippen LogP contribution in [0.25, 0.3) is 0 Å². The van der Waals surface area contributed by atoms with Gasteiger partial charge in [-0.1, -0.05) is 0 Å². The second kappa shape index (κ2) is 3.36. The molecule has 2 amide bonds. The van der Waals surface area contributed by atoms with Crippen molar-refractivity contribution in [2.75, 3.05) is 0 Å². The number of carbonyl (C=O) groups excluding carboxylic acids is 2. The maximum atomic E-state index is 12.6. The molecule has 19 heavy (non-hydrogen) atoms. The molecule has 0 spiro atoms. The average molecular weight is 267 g/mol. The highest BCUT2D eigenvalue weighted by Crippen LogP contribution is 2.64. The Morgan fingerprint density at radius 2 is 1.68 bits per heavy atom. The Hall–Kier alpha value is -1.43. The Labute approximate surface area is 110 Å². The summed E-state index contributed by atoms with van der Waals surface area (Å²) >= 11 is 0. The van der Waals surface area contributed by atoms with Gasteiger partial charge in [0.05, 0.1) is 23.0 Å². The normalized spacial score (nSPS) is 45.7. The summed E-state index contributed by atoms with van der Waals surface area (Å²) in [5.41, 5.74) is -1.84. The SMILES string of the molecule is C[C@@H](C(=O)O)N1C(=O)[C@@]2(C)[C@@H]3CC[C@@H](O3)[C@@]2(C)C1=O. The second-order valence-corrected chi connectivity index (χ2v) is 6.09. The van der Waals surface area contributed by atoms with Crippen molar-refractivity contribution in [2.24, 2.45) is 10.8 Å². The molecule has 6 heteroatoms. The van der Waals surface area contributed by atoms with E-state index in [2.05, 4.69) is 0 Å². The van der Waals surface area contributed by atoms with Gasteiger partial charge in [-0.3, -0.25) is 14.5 Å². The highest BCUT2D eigenvalue weighted by molar-refractivity contribution is 6.12. The lowest BCUT2D eigenvalue weighted by molar-refractivity contribution is -0.157. The van der Waals surface area contributed by atoms with E-state index < -0.39 is 34.7 Å². The van der Waals surface area contributed by atoms with Crippen LogP contribution >= 0.6 is 0 Å². The van der Waals surface area contributed by atoms with Gasteiger partial charge in [0.25, 0.3) is 0 Å². The van der Waals surface area contributed by atoms with Gasteiger partial charge in [-0.05, 0) is 33.6 Å². The third-order valence-corrected chi connectivity index (χ3v) is 5.46. The molecule has 0 aliphatic carbocycles. The van der Waals surface area contributed by atoms with Gasteiger partial charge in [-0.25, -0.2) is 4.79 Å². The van der Waals surface area contributed by atoms with E-state index in [4.69, 9.17) is 9.84 Å². The van der Waals surface area contributed by atoms with Crippen molar-refractivity contribution in [3.63, 3.8) is 0 Å². The summed E-state index contributed by atoms with van der Waals surface area (Å²) in [5, 5.41) is 9.08. The monoisotopic (exact) mass is 267 g/mol. The second-order valence-electron chi connectivity index (χ2n) is 6.09. The van der Waals surface area contributed by atoms with Crippen molar-refractivity contribution in [2.45, 2.75) is 51.9 Å². The van der Waals surface area contributed by atoms with Crippen molar-refractivity contribution in [3.05, 3.63) is 0 Å². The summed E-state index contributed by atoms with van der Waals surface area (Å²) < 4.78 is 5.76. The highest BCUT2D eigenvalue weighted by Gasteiger charge is 2.77. The number of amides is 2. The smallest absolute Gasteiger partial charge is 0.326 e. The number of hydrogen-bond acceptors (Lipinski definition) is 4. The summed E-state index contributed by atoms with van der Waals surface area (Å²) in [5.74, 6) is -1.97. The third-order valence-electron chi connectivity index (χ3n) is 5.46. The first-order chi connectivity index (χ1) is 8.76. The van der Waals surface area contributed by atoms with E-state index in [0.717, 1.165) is 17.7 Å². The summed E-state index contributed by atoms with van der Waals surface area (Å²) in [6.07, 6.45) is 0.964. The minimum atomic E-state index is -1.16. The maximum Gasteiger partial charge on any atom is 0.326 e. The summed E-state index contributed by atoms with van der Waals surface area (Å²) in [6, 6.07) is -1.13. The molecule has 3 aliphatic rings. The predicted molar refractivity (Wildman–Crippen MR) is 63.1 cm³/mol. The first kappa shape index (κ1) is 12.6. The van der Waals surface area contributed by atoms with Gasteiger partial charge >= 0.3 is 5.97 Å². The van der Waals surface area contributed by atoms with Crippen LogP contribution in [0.2, 0.25) is 0 Å². The average Bonchev–Trinajstić information content (AvgIpc) is 2.95. The van der Waals surface area contributed by atoms with Crippen molar-refractivity contribution in [1.29, 1.82) is 0 Å². The van der Waals surface area contributed by atoms with Crippen LogP contribution in [0.5, 0.6) is 0 Å². The number of fused-ring (bicyclic) bond motifs is 5. The van der Waals surface area contributed by atoms with E-state index in [0.29, 0.717) is 0 Å². The lowest BCUT2D eigenvalue weighted by Crippen LogP contribution is -2.48. The quantitative estimate of drug-likeness (QED) is 0.732. The minimum Gasteiger partial charge on any atom is -0.480 e. The topological polar surface area (TPSA) is 83.9 Å². The fourth-order valence-corrected chi connectivity index (χ4v) is 3.93. The molecule has 0 aromatic carbocycles. The minimum absolute atomic E-state index is 0.273. The Morgan fingerprint density at radius 3 is 2.05 bits per heavy atom. The molecule has 5 atom stereocenters. The molecule has 0 aromatic rings. The highest BCUT2D eigenvalue weighted by atomic mass is 16.5. The number of imide groups is 1. The molecule has 0 unspecified atom stereocenters. The van der Waals surface area contributed by atoms with Crippen LogP contribution in [-0.4, -0.2) is 46.0 Å². The van der Waals surface area contributed by atoms with Gasteiger partial charge in [0.2, 0.25) is 11.8 Å². The Bertz CT molecular complexity index is 469. The first-order valence-electron chi connectivity index (χ1n) is 6.52. The number of hydrogen-bond donors (Lipinski definition) is 1. The molecule has 3 saturated heterocycles. The lowest BCUT2D eigenvalue weighted by Gasteiger charge is -2.36. The van der Waals surface area contributed by atoms with E-state index in [-0.39, 0.29) is 12.2 Å². The molecule has 3 heterocycles. The number of likely N-dealkylation sites (tertiary alicyclic amines) is 1. The molecule has 6 nitrogen and oxygen atoms in total.